The van der Waals surface area contributed by atoms with Crippen molar-refractivity contribution in [2.75, 3.05) is 51.2 Å². The highest BCUT2D eigenvalue weighted by Crippen LogP contribution is 2.27. The van der Waals surface area contributed by atoms with Gasteiger partial charge >= 0.3 is 6.09 Å². The lowest BCUT2D eigenvalue weighted by atomic mass is 10.0. The Morgan fingerprint density at radius 2 is 1.64 bits per heavy atom. The maximum atomic E-state index is 13.1. The zero-order valence-electron chi connectivity index (χ0n) is 21.2. The number of benzene rings is 2. The fourth-order valence-electron chi connectivity index (χ4n) is 4.99. The largest absolute Gasteiger partial charge is 0.447 e. The number of anilines is 1. The molecule has 0 radical (unpaired) electrons. The number of hydrogen-bond donors (Lipinski definition) is 1. The molecule has 0 bridgehead atoms. The number of para-hydroxylation sites is 1. The first kappa shape index (κ1) is 25.7. The molecule has 3 amide bonds. The van der Waals surface area contributed by atoms with Crippen molar-refractivity contribution in [2.45, 2.75) is 39.2 Å². The molecule has 2 aromatic carbocycles. The van der Waals surface area contributed by atoms with Gasteiger partial charge in [0.25, 0.3) is 0 Å². The van der Waals surface area contributed by atoms with Crippen molar-refractivity contribution in [2.24, 2.45) is 0 Å². The highest BCUT2D eigenvalue weighted by Gasteiger charge is 2.36. The summed E-state index contributed by atoms with van der Waals surface area (Å²) in [5, 5.41) is 3.14. The van der Waals surface area contributed by atoms with Crippen LogP contribution in [0, 0.1) is 0 Å². The van der Waals surface area contributed by atoms with E-state index in [9.17, 15) is 14.4 Å². The maximum Gasteiger partial charge on any atom is 0.410 e. The van der Waals surface area contributed by atoms with E-state index in [0.29, 0.717) is 19.6 Å². The van der Waals surface area contributed by atoms with Gasteiger partial charge in [-0.3, -0.25) is 19.4 Å². The summed E-state index contributed by atoms with van der Waals surface area (Å²) in [4.78, 5) is 43.8. The van der Waals surface area contributed by atoms with Gasteiger partial charge in [-0.1, -0.05) is 62.4 Å². The number of carbonyl (C=O) groups is 3. The molecular weight excluding hydrogens is 456 g/mol. The summed E-state index contributed by atoms with van der Waals surface area (Å²) in [7, 11) is 0. The third-order valence-electron chi connectivity index (χ3n) is 7.04. The van der Waals surface area contributed by atoms with Crippen molar-refractivity contribution in [3.8, 4) is 0 Å². The zero-order chi connectivity index (χ0) is 25.5. The van der Waals surface area contributed by atoms with Crippen molar-refractivity contribution < 1.29 is 19.1 Å². The second-order valence-electron chi connectivity index (χ2n) is 9.35. The van der Waals surface area contributed by atoms with Gasteiger partial charge in [0.1, 0.15) is 13.2 Å². The van der Waals surface area contributed by atoms with E-state index in [1.54, 1.807) is 4.90 Å². The van der Waals surface area contributed by atoms with Gasteiger partial charge < -0.3 is 15.0 Å². The van der Waals surface area contributed by atoms with Crippen LogP contribution in [0.1, 0.15) is 43.0 Å². The van der Waals surface area contributed by atoms with Gasteiger partial charge in [-0.15, -0.1) is 0 Å². The SMILES string of the molecule is CCc1cccc(CC)c1NC(=O)CN1CCCN(C(=O)CN2C(=O)OCC2c2ccccc2)CC1. The second kappa shape index (κ2) is 12.0. The summed E-state index contributed by atoms with van der Waals surface area (Å²) in [6.45, 7) is 7.20. The average molecular weight is 493 g/mol. The summed E-state index contributed by atoms with van der Waals surface area (Å²) in [6, 6.07) is 15.5. The molecule has 2 aliphatic rings. The molecule has 2 heterocycles. The zero-order valence-corrected chi connectivity index (χ0v) is 21.2. The van der Waals surface area contributed by atoms with E-state index in [1.807, 2.05) is 36.4 Å². The van der Waals surface area contributed by atoms with Crippen molar-refractivity contribution in [3.63, 3.8) is 0 Å². The van der Waals surface area contributed by atoms with Crippen LogP contribution in [0.5, 0.6) is 0 Å². The number of amides is 3. The van der Waals surface area contributed by atoms with E-state index in [1.165, 1.54) is 4.90 Å². The molecule has 0 aromatic heterocycles. The number of aryl methyl sites for hydroxylation is 2. The van der Waals surface area contributed by atoms with Crippen LogP contribution in [0.2, 0.25) is 0 Å². The van der Waals surface area contributed by atoms with Gasteiger partial charge in [0.2, 0.25) is 11.8 Å². The number of rotatable bonds is 8. The summed E-state index contributed by atoms with van der Waals surface area (Å²) in [6.07, 6.45) is 2.04. The first-order valence-electron chi connectivity index (χ1n) is 12.9. The molecule has 2 saturated heterocycles. The predicted molar refractivity (Wildman–Crippen MR) is 139 cm³/mol. The normalized spacial score (nSPS) is 18.6. The molecule has 1 unspecified atom stereocenters. The van der Waals surface area contributed by atoms with E-state index in [-0.39, 0.29) is 37.6 Å². The minimum atomic E-state index is -0.455. The summed E-state index contributed by atoms with van der Waals surface area (Å²) >= 11 is 0. The molecule has 0 aliphatic carbocycles. The Morgan fingerprint density at radius 1 is 0.917 bits per heavy atom. The molecule has 192 valence electrons. The predicted octanol–water partition coefficient (Wildman–Crippen LogP) is 3.48. The highest BCUT2D eigenvalue weighted by molar-refractivity contribution is 5.94. The first-order valence-corrected chi connectivity index (χ1v) is 12.9. The summed E-state index contributed by atoms with van der Waals surface area (Å²) in [5.74, 6) is -0.124. The maximum absolute atomic E-state index is 13.1. The van der Waals surface area contributed by atoms with Crippen LogP contribution in [0.4, 0.5) is 10.5 Å². The molecule has 2 aliphatic heterocycles. The lowest BCUT2D eigenvalue weighted by Gasteiger charge is -2.26. The fraction of sp³-hybridized carbons (Fsp3) is 0.464. The standard InChI is InChI=1S/C28H36N4O4/c1-3-21-12-8-13-22(4-2)27(21)29-25(33)18-30-14-9-15-31(17-16-30)26(34)19-32-24(20-36-28(32)35)23-10-6-5-7-11-23/h5-8,10-13,24H,3-4,9,14-20H2,1-2H3,(H,29,33). The number of nitrogens with zero attached hydrogens (tertiary/aromatic N) is 3. The molecule has 1 N–H and O–H groups in total. The number of carbonyl (C=O) groups excluding carboxylic acids is 3. The van der Waals surface area contributed by atoms with E-state index in [2.05, 4.69) is 36.2 Å². The van der Waals surface area contributed by atoms with Crippen LogP contribution >= 0.6 is 0 Å². The van der Waals surface area contributed by atoms with E-state index in [0.717, 1.165) is 48.2 Å². The molecule has 8 nitrogen and oxygen atoms in total. The van der Waals surface area contributed by atoms with Gasteiger partial charge in [-0.2, -0.15) is 0 Å². The van der Waals surface area contributed by atoms with Gasteiger partial charge in [0.05, 0.1) is 12.6 Å². The van der Waals surface area contributed by atoms with Gasteiger partial charge in [-0.05, 0) is 36.0 Å². The van der Waals surface area contributed by atoms with Crippen LogP contribution in [-0.2, 0) is 27.2 Å². The number of nitrogens with one attached hydrogen (secondary N) is 1. The van der Waals surface area contributed by atoms with Crippen LogP contribution in [0.25, 0.3) is 0 Å². The van der Waals surface area contributed by atoms with Crippen molar-refractivity contribution in [1.29, 1.82) is 0 Å². The fourth-order valence-corrected chi connectivity index (χ4v) is 4.99. The minimum Gasteiger partial charge on any atom is -0.447 e. The van der Waals surface area contributed by atoms with Crippen LogP contribution in [0.3, 0.4) is 0 Å². The summed E-state index contributed by atoms with van der Waals surface area (Å²) in [5.41, 5.74) is 4.18. The third kappa shape index (κ3) is 6.05. The van der Waals surface area contributed by atoms with Crippen molar-refractivity contribution >= 4 is 23.6 Å². The Morgan fingerprint density at radius 3 is 2.33 bits per heavy atom. The Hall–Kier alpha value is -3.39. The molecule has 0 spiro atoms. The van der Waals surface area contributed by atoms with Gasteiger partial charge in [-0.25, -0.2) is 4.79 Å². The number of cyclic esters (lactones) is 1. The third-order valence-corrected chi connectivity index (χ3v) is 7.04. The topological polar surface area (TPSA) is 82.2 Å². The smallest absolute Gasteiger partial charge is 0.410 e. The Kier molecular flexibility index (Phi) is 8.59. The van der Waals surface area contributed by atoms with Crippen LogP contribution < -0.4 is 5.32 Å². The Labute approximate surface area is 213 Å². The minimum absolute atomic E-state index is 0.00746. The van der Waals surface area contributed by atoms with Crippen molar-refractivity contribution in [1.82, 2.24) is 14.7 Å². The van der Waals surface area contributed by atoms with E-state index < -0.39 is 6.09 Å². The number of hydrogen-bond acceptors (Lipinski definition) is 5. The van der Waals surface area contributed by atoms with Gasteiger partial charge in [0.15, 0.2) is 0 Å². The molecule has 8 heteroatoms. The van der Waals surface area contributed by atoms with Crippen LogP contribution in [-0.4, -0.2) is 78.5 Å². The molecule has 36 heavy (non-hydrogen) atoms. The first-order chi connectivity index (χ1) is 17.5. The van der Waals surface area contributed by atoms with E-state index >= 15 is 0 Å². The lowest BCUT2D eigenvalue weighted by molar-refractivity contribution is -0.131. The second-order valence-corrected chi connectivity index (χ2v) is 9.35. The molecule has 2 aromatic rings. The monoisotopic (exact) mass is 492 g/mol. The molecule has 2 fully saturated rings. The number of ether oxygens (including phenoxy) is 1. The average Bonchev–Trinajstić information content (AvgIpc) is 3.09. The molecular formula is C28H36N4O4. The molecule has 4 rings (SSSR count). The summed E-state index contributed by atoms with van der Waals surface area (Å²) < 4.78 is 5.25. The van der Waals surface area contributed by atoms with Crippen molar-refractivity contribution in [3.05, 3.63) is 65.2 Å². The Balaban J connectivity index is 1.32. The molecule has 0 saturated carbocycles. The lowest BCUT2D eigenvalue weighted by Crippen LogP contribution is -2.43. The van der Waals surface area contributed by atoms with Crippen LogP contribution in [0.15, 0.2) is 48.5 Å². The molecule has 1 atom stereocenters. The highest BCUT2D eigenvalue weighted by atomic mass is 16.6. The quantitative estimate of drug-likeness (QED) is 0.610. The Bertz CT molecular complexity index is 1050. The van der Waals surface area contributed by atoms with E-state index in [4.69, 9.17) is 4.74 Å². The van der Waals surface area contributed by atoms with Gasteiger partial charge in [0, 0.05) is 31.9 Å².